The van der Waals surface area contributed by atoms with Crippen molar-refractivity contribution in [3.63, 3.8) is 0 Å². The van der Waals surface area contributed by atoms with Crippen LogP contribution < -0.4 is 0 Å². The van der Waals surface area contributed by atoms with E-state index >= 15 is 0 Å². The molecule has 3 unspecified atom stereocenters. The van der Waals surface area contributed by atoms with E-state index in [1.165, 1.54) is 95.2 Å². The van der Waals surface area contributed by atoms with Crippen molar-refractivity contribution in [3.05, 3.63) is 165 Å². The summed E-state index contributed by atoms with van der Waals surface area (Å²) in [7, 11) is -2.56. The SMILES string of the molecule is c1ccc2c(c1)c1cnccc1p2-p1c2ccccc2c2ccc(-c3ccc4c5ccccc5p(-p5c6ccncc6c6cnccc65)c4c3)cc21. The Kier molecular flexibility index (Phi) is 6.28. The molecule has 0 N–H and O–H groups in total. The number of benzene rings is 5. The van der Waals surface area contributed by atoms with Gasteiger partial charge in [0.15, 0.2) is 0 Å². The van der Waals surface area contributed by atoms with Crippen molar-refractivity contribution in [2.75, 3.05) is 0 Å². The molecule has 0 bridgehead atoms. The van der Waals surface area contributed by atoms with Gasteiger partial charge >= 0.3 is 0 Å². The Labute approximate surface area is 302 Å². The van der Waals surface area contributed by atoms with Crippen LogP contribution in [0.15, 0.2) is 165 Å². The standard InChI is InChI=1S/C45H27N3P4/c1-4-10-38-30(7-1)33-15-13-28(23-44(33)51(38)49-40-12-6-3-9-32(40)35-25-46-20-17-41(35)49)29-14-16-34-31-8-2-5-11-39(31)52(45(34)24-29)50-42-18-21-47-26-36(42)37-27-48-22-19-43(37)50/h1-27H. The van der Waals surface area contributed by atoms with Gasteiger partial charge in [-0.15, -0.1) is 0 Å². The monoisotopic (exact) mass is 733 g/mol. The minimum Gasteiger partial charge on any atom is -0.264 e. The van der Waals surface area contributed by atoms with Crippen LogP contribution in [0.3, 0.4) is 0 Å². The van der Waals surface area contributed by atoms with Crippen molar-refractivity contribution < 1.29 is 0 Å². The molecule has 0 aliphatic heterocycles. The van der Waals surface area contributed by atoms with Crippen molar-refractivity contribution in [2.45, 2.75) is 0 Å². The van der Waals surface area contributed by atoms with Gasteiger partial charge in [-0.2, -0.15) is 0 Å². The van der Waals surface area contributed by atoms with E-state index in [0.717, 1.165) is 0 Å². The summed E-state index contributed by atoms with van der Waals surface area (Å²) in [6.45, 7) is 0. The third-order valence-corrected chi connectivity index (χ3v) is 25.9. The summed E-state index contributed by atoms with van der Waals surface area (Å²) >= 11 is 0. The van der Waals surface area contributed by atoms with Gasteiger partial charge in [-0.25, -0.2) is 0 Å². The van der Waals surface area contributed by atoms with Gasteiger partial charge in [0.05, 0.1) is 0 Å². The molecule has 7 aromatic heterocycles. The van der Waals surface area contributed by atoms with Gasteiger partial charge in [0, 0.05) is 94.3 Å². The highest BCUT2D eigenvalue weighted by Crippen LogP contribution is 2.73. The highest BCUT2D eigenvalue weighted by molar-refractivity contribution is 8.30. The maximum atomic E-state index is 4.58. The first-order chi connectivity index (χ1) is 25.8. The molecule has 0 saturated heterocycles. The second-order valence-corrected chi connectivity index (χ2v) is 24.6. The molecule has 0 radical (unpaired) electrons. The molecule has 0 aliphatic rings. The molecule has 12 aromatic rings. The number of hydrogen-bond acceptors (Lipinski definition) is 3. The van der Waals surface area contributed by atoms with Crippen molar-refractivity contribution in [2.24, 2.45) is 0 Å². The Morgan fingerprint density at radius 1 is 0.269 bits per heavy atom. The highest BCUT2D eigenvalue weighted by atomic mass is 32.0. The van der Waals surface area contributed by atoms with Crippen molar-refractivity contribution in [3.8, 4) is 11.1 Å². The molecule has 3 nitrogen and oxygen atoms in total. The summed E-state index contributed by atoms with van der Waals surface area (Å²) in [6, 6.07) is 48.9. The Morgan fingerprint density at radius 2 is 0.577 bits per heavy atom. The van der Waals surface area contributed by atoms with Gasteiger partial charge in [-0.05, 0) is 86.6 Å². The van der Waals surface area contributed by atoms with Crippen LogP contribution in [0, 0.1) is 0 Å². The molecule has 0 aliphatic carbocycles. The Bertz CT molecular complexity index is 3100. The summed E-state index contributed by atoms with van der Waals surface area (Å²) in [6.07, 6.45) is 12.1. The fourth-order valence-corrected chi connectivity index (χ4v) is 25.8. The molecule has 12 rings (SSSR count). The molecule has 0 saturated carbocycles. The van der Waals surface area contributed by atoms with Crippen LogP contribution in [0.25, 0.3) is 95.2 Å². The quantitative estimate of drug-likeness (QED) is 0.181. The molecular weight excluding hydrogens is 706 g/mol. The van der Waals surface area contributed by atoms with Crippen LogP contribution in [0.2, 0.25) is 0 Å². The summed E-state index contributed by atoms with van der Waals surface area (Å²) in [5.41, 5.74) is 2.61. The molecular formula is C45H27N3P4. The predicted molar refractivity (Wildman–Crippen MR) is 231 cm³/mol. The normalized spacial score (nSPS) is 13.3. The van der Waals surface area contributed by atoms with Crippen LogP contribution in [0.1, 0.15) is 0 Å². The van der Waals surface area contributed by atoms with E-state index in [1.54, 1.807) is 0 Å². The highest BCUT2D eigenvalue weighted by Gasteiger charge is 2.22. The number of aromatic nitrogens is 3. The van der Waals surface area contributed by atoms with Crippen LogP contribution in [0.5, 0.6) is 0 Å². The first-order valence-electron chi connectivity index (χ1n) is 17.4. The smallest absolute Gasteiger partial charge is 0.0356 e. The van der Waals surface area contributed by atoms with Crippen molar-refractivity contribution in [1.29, 1.82) is 0 Å². The van der Waals surface area contributed by atoms with E-state index < -0.39 is 28.9 Å². The third-order valence-electron chi connectivity index (χ3n) is 10.8. The lowest BCUT2D eigenvalue weighted by atomic mass is 10.0. The van der Waals surface area contributed by atoms with Gasteiger partial charge in [0.25, 0.3) is 0 Å². The summed E-state index contributed by atoms with van der Waals surface area (Å²) < 4.78 is 0. The van der Waals surface area contributed by atoms with Crippen LogP contribution >= 0.6 is 28.9 Å². The number of nitrogens with zero attached hydrogens (tertiary/aromatic N) is 3. The summed E-state index contributed by atoms with van der Waals surface area (Å²) in [5, 5.41) is 22.6. The van der Waals surface area contributed by atoms with E-state index in [1.807, 2.05) is 31.0 Å². The van der Waals surface area contributed by atoms with E-state index in [-0.39, 0.29) is 0 Å². The molecule has 0 spiro atoms. The molecule has 7 heteroatoms. The molecule has 0 amide bonds. The first-order valence-corrected chi connectivity index (χ1v) is 24.2. The number of rotatable bonds is 3. The fraction of sp³-hybridized carbons (Fsp3) is 0. The van der Waals surface area contributed by atoms with Gasteiger partial charge in [0.2, 0.25) is 0 Å². The van der Waals surface area contributed by atoms with Crippen molar-refractivity contribution >= 4 is 113 Å². The Morgan fingerprint density at radius 3 is 1.00 bits per heavy atom. The Balaban J connectivity index is 1.16. The lowest BCUT2D eigenvalue weighted by molar-refractivity contribution is 1.36. The topological polar surface area (TPSA) is 38.7 Å². The molecule has 242 valence electrons. The minimum atomic E-state index is -0.664. The maximum Gasteiger partial charge on any atom is 0.0356 e. The second kappa shape index (κ2) is 11.1. The van der Waals surface area contributed by atoms with E-state index in [9.17, 15) is 0 Å². The summed E-state index contributed by atoms with van der Waals surface area (Å²) in [4.78, 5) is 13.7. The largest absolute Gasteiger partial charge is 0.264 e. The number of fused-ring (bicyclic) bond motifs is 12. The lowest BCUT2D eigenvalue weighted by Crippen LogP contribution is -1.77. The molecule has 7 heterocycles. The average Bonchev–Trinajstić information content (AvgIpc) is 3.92. The minimum absolute atomic E-state index is 0.611. The van der Waals surface area contributed by atoms with Crippen LogP contribution in [-0.2, 0) is 0 Å². The third kappa shape index (κ3) is 3.98. The summed E-state index contributed by atoms with van der Waals surface area (Å²) in [5.74, 6) is 0. The zero-order valence-electron chi connectivity index (χ0n) is 27.7. The Hall–Kier alpha value is -5.25. The van der Waals surface area contributed by atoms with Crippen LogP contribution in [-0.4, -0.2) is 15.0 Å². The van der Waals surface area contributed by atoms with Gasteiger partial charge in [-0.3, -0.25) is 15.0 Å². The molecule has 52 heavy (non-hydrogen) atoms. The molecule has 5 aromatic carbocycles. The average molecular weight is 734 g/mol. The van der Waals surface area contributed by atoms with Gasteiger partial charge in [-0.1, -0.05) is 108 Å². The van der Waals surface area contributed by atoms with E-state index in [2.05, 4.69) is 149 Å². The van der Waals surface area contributed by atoms with Gasteiger partial charge < -0.3 is 0 Å². The predicted octanol–water partition coefficient (Wildman–Crippen LogP) is 15.3. The fourth-order valence-electron chi connectivity index (χ4n) is 8.61. The zero-order valence-corrected chi connectivity index (χ0v) is 31.3. The molecule has 0 fully saturated rings. The van der Waals surface area contributed by atoms with Crippen molar-refractivity contribution in [1.82, 2.24) is 15.0 Å². The van der Waals surface area contributed by atoms with Gasteiger partial charge in [0.1, 0.15) is 0 Å². The molecule has 3 atom stereocenters. The van der Waals surface area contributed by atoms with E-state index in [0.29, 0.717) is 0 Å². The van der Waals surface area contributed by atoms with E-state index in [4.69, 9.17) is 0 Å². The number of pyridine rings is 3. The maximum absolute atomic E-state index is 4.58. The van der Waals surface area contributed by atoms with Crippen LogP contribution in [0.4, 0.5) is 0 Å². The number of hydrogen-bond donors (Lipinski definition) is 0. The zero-order chi connectivity index (χ0) is 33.9. The lowest BCUT2D eigenvalue weighted by Gasteiger charge is -2.09. The first kappa shape index (κ1) is 29.3. The second-order valence-electron chi connectivity index (χ2n) is 13.4.